The van der Waals surface area contributed by atoms with E-state index in [1.165, 1.54) is 10.7 Å². The van der Waals surface area contributed by atoms with Crippen LogP contribution in [0.3, 0.4) is 0 Å². The molecule has 1 aromatic carbocycles. The molecule has 8 heteroatoms. The maximum atomic E-state index is 12.2. The van der Waals surface area contributed by atoms with Gasteiger partial charge in [0.15, 0.2) is 11.5 Å². The third kappa shape index (κ3) is 4.56. The molecule has 1 heterocycles. The van der Waals surface area contributed by atoms with Gasteiger partial charge in [0.1, 0.15) is 0 Å². The second kappa shape index (κ2) is 7.51. The summed E-state index contributed by atoms with van der Waals surface area (Å²) >= 11 is 0. The van der Waals surface area contributed by atoms with Crippen LogP contribution in [0, 0.1) is 0 Å². The Morgan fingerprint density at radius 2 is 1.92 bits per heavy atom. The van der Waals surface area contributed by atoms with Crippen LogP contribution >= 0.6 is 0 Å². The zero-order valence-electron chi connectivity index (χ0n) is 14.4. The average molecular weight is 368 g/mol. The monoisotopic (exact) mass is 368 g/mol. The summed E-state index contributed by atoms with van der Waals surface area (Å²) < 4.78 is 36.1. The lowest BCUT2D eigenvalue weighted by atomic mass is 9.95. The SMILES string of the molecule is CS(=O)(=O)N(CCC(=O)NC1CCCCC1)c1ccc2c(c1)OCO2. The molecule has 25 heavy (non-hydrogen) atoms. The summed E-state index contributed by atoms with van der Waals surface area (Å²) in [5.74, 6) is 0.992. The first-order valence-corrected chi connectivity index (χ1v) is 10.4. The Balaban J connectivity index is 1.64. The van der Waals surface area contributed by atoms with Crippen molar-refractivity contribution in [1.82, 2.24) is 5.32 Å². The van der Waals surface area contributed by atoms with E-state index >= 15 is 0 Å². The Hall–Kier alpha value is -1.96. The molecule has 0 aromatic heterocycles. The Morgan fingerprint density at radius 3 is 2.64 bits per heavy atom. The number of nitrogens with one attached hydrogen (secondary N) is 1. The molecule has 3 rings (SSSR count). The Kier molecular flexibility index (Phi) is 5.36. The third-order valence-corrected chi connectivity index (χ3v) is 5.75. The van der Waals surface area contributed by atoms with Crippen molar-refractivity contribution in [2.45, 2.75) is 44.6 Å². The van der Waals surface area contributed by atoms with Crippen molar-refractivity contribution in [3.63, 3.8) is 0 Å². The Labute approximate surface area is 148 Å². The zero-order valence-corrected chi connectivity index (χ0v) is 15.2. The number of carbonyl (C=O) groups is 1. The first kappa shape index (κ1) is 17.8. The lowest BCUT2D eigenvalue weighted by Crippen LogP contribution is -2.39. The molecule has 0 bridgehead atoms. The summed E-state index contributed by atoms with van der Waals surface area (Å²) in [6.07, 6.45) is 6.76. The summed E-state index contributed by atoms with van der Waals surface area (Å²) in [5, 5.41) is 3.01. The number of ether oxygens (including phenoxy) is 2. The fourth-order valence-corrected chi connectivity index (χ4v) is 4.20. The second-order valence-electron chi connectivity index (χ2n) is 6.53. The number of hydrogen-bond donors (Lipinski definition) is 1. The minimum absolute atomic E-state index is 0.0943. The Morgan fingerprint density at radius 1 is 1.20 bits per heavy atom. The van der Waals surface area contributed by atoms with Gasteiger partial charge in [0.25, 0.3) is 0 Å². The smallest absolute Gasteiger partial charge is 0.232 e. The molecule has 0 atom stereocenters. The first-order chi connectivity index (χ1) is 11.9. The summed E-state index contributed by atoms with van der Waals surface area (Å²) in [7, 11) is -3.51. The van der Waals surface area contributed by atoms with E-state index in [1.54, 1.807) is 18.2 Å². The van der Waals surface area contributed by atoms with Crippen molar-refractivity contribution in [3.05, 3.63) is 18.2 Å². The normalized spacial score (nSPS) is 17.3. The van der Waals surface area contributed by atoms with E-state index in [1.807, 2.05) is 0 Å². The van der Waals surface area contributed by atoms with Gasteiger partial charge in [0.2, 0.25) is 22.7 Å². The number of fused-ring (bicyclic) bond motifs is 1. The van der Waals surface area contributed by atoms with Crippen LogP contribution in [0.2, 0.25) is 0 Å². The predicted octanol–water partition coefficient (Wildman–Crippen LogP) is 2.02. The summed E-state index contributed by atoms with van der Waals surface area (Å²) in [5.41, 5.74) is 0.470. The highest BCUT2D eigenvalue weighted by Gasteiger charge is 2.23. The van der Waals surface area contributed by atoms with Gasteiger partial charge in [-0.1, -0.05) is 19.3 Å². The molecular formula is C17H24N2O5S. The predicted molar refractivity (Wildman–Crippen MR) is 94.4 cm³/mol. The fourth-order valence-electron chi connectivity index (χ4n) is 3.28. The van der Waals surface area contributed by atoms with E-state index in [2.05, 4.69) is 5.32 Å². The number of benzene rings is 1. The van der Waals surface area contributed by atoms with E-state index in [9.17, 15) is 13.2 Å². The maximum absolute atomic E-state index is 12.2. The highest BCUT2D eigenvalue weighted by molar-refractivity contribution is 7.92. The molecule has 0 radical (unpaired) electrons. The standard InChI is InChI=1S/C17H24N2O5S/c1-25(21,22)19(14-7-8-15-16(11-14)24-12-23-15)10-9-17(20)18-13-5-3-2-4-6-13/h7-8,11,13H,2-6,9-10,12H2,1H3,(H,18,20). The van der Waals surface area contributed by atoms with Crippen molar-refractivity contribution in [2.75, 3.05) is 23.9 Å². The van der Waals surface area contributed by atoms with Gasteiger partial charge in [-0.25, -0.2) is 8.42 Å². The van der Waals surface area contributed by atoms with Gasteiger partial charge < -0.3 is 14.8 Å². The van der Waals surface area contributed by atoms with Gasteiger partial charge in [-0.15, -0.1) is 0 Å². The number of anilines is 1. The van der Waals surface area contributed by atoms with Gasteiger partial charge in [0, 0.05) is 25.1 Å². The molecule has 1 amide bonds. The van der Waals surface area contributed by atoms with E-state index in [0.717, 1.165) is 31.9 Å². The number of nitrogens with zero attached hydrogens (tertiary/aromatic N) is 1. The second-order valence-corrected chi connectivity index (χ2v) is 8.43. The highest BCUT2D eigenvalue weighted by Crippen LogP contribution is 2.36. The van der Waals surface area contributed by atoms with Crippen LogP contribution in [-0.2, 0) is 14.8 Å². The lowest BCUT2D eigenvalue weighted by molar-refractivity contribution is -0.121. The number of carbonyl (C=O) groups excluding carboxylic acids is 1. The van der Waals surface area contributed by atoms with Crippen LogP contribution in [0.25, 0.3) is 0 Å². The molecule has 1 fully saturated rings. The molecule has 1 aliphatic heterocycles. The minimum atomic E-state index is -3.51. The van der Waals surface area contributed by atoms with Crippen LogP contribution in [0.4, 0.5) is 5.69 Å². The van der Waals surface area contributed by atoms with Crippen molar-refractivity contribution in [3.8, 4) is 11.5 Å². The largest absolute Gasteiger partial charge is 0.454 e. The molecular weight excluding hydrogens is 344 g/mol. The van der Waals surface area contributed by atoms with E-state index in [0.29, 0.717) is 17.2 Å². The molecule has 1 aromatic rings. The van der Waals surface area contributed by atoms with Crippen molar-refractivity contribution >= 4 is 21.6 Å². The van der Waals surface area contributed by atoms with Crippen LogP contribution in [0.5, 0.6) is 11.5 Å². The van der Waals surface area contributed by atoms with E-state index < -0.39 is 10.0 Å². The molecule has 1 N–H and O–H groups in total. The summed E-state index contributed by atoms with van der Waals surface area (Å²) in [4.78, 5) is 12.2. The van der Waals surface area contributed by atoms with Gasteiger partial charge >= 0.3 is 0 Å². The van der Waals surface area contributed by atoms with Gasteiger partial charge in [-0.3, -0.25) is 9.10 Å². The van der Waals surface area contributed by atoms with Crippen LogP contribution < -0.4 is 19.1 Å². The molecule has 2 aliphatic rings. The third-order valence-electron chi connectivity index (χ3n) is 4.56. The van der Waals surface area contributed by atoms with Crippen molar-refractivity contribution < 1.29 is 22.7 Å². The van der Waals surface area contributed by atoms with Crippen molar-refractivity contribution in [2.24, 2.45) is 0 Å². The van der Waals surface area contributed by atoms with Crippen LogP contribution in [0.1, 0.15) is 38.5 Å². The molecule has 0 unspecified atom stereocenters. The number of amides is 1. The zero-order chi connectivity index (χ0) is 17.9. The van der Waals surface area contributed by atoms with Gasteiger partial charge in [-0.05, 0) is 25.0 Å². The van der Waals surface area contributed by atoms with Gasteiger partial charge in [-0.2, -0.15) is 0 Å². The highest BCUT2D eigenvalue weighted by atomic mass is 32.2. The number of rotatable bonds is 6. The summed E-state index contributed by atoms with van der Waals surface area (Å²) in [6.45, 7) is 0.221. The quantitative estimate of drug-likeness (QED) is 0.830. The Bertz CT molecular complexity index is 729. The van der Waals surface area contributed by atoms with Crippen LogP contribution in [0.15, 0.2) is 18.2 Å². The van der Waals surface area contributed by atoms with Crippen LogP contribution in [-0.4, -0.2) is 40.0 Å². The fraction of sp³-hybridized carbons (Fsp3) is 0.588. The topological polar surface area (TPSA) is 84.9 Å². The molecule has 7 nitrogen and oxygen atoms in total. The van der Waals surface area contributed by atoms with E-state index in [-0.39, 0.29) is 31.7 Å². The van der Waals surface area contributed by atoms with E-state index in [4.69, 9.17) is 9.47 Å². The van der Waals surface area contributed by atoms with Gasteiger partial charge in [0.05, 0.1) is 11.9 Å². The number of hydrogen-bond acceptors (Lipinski definition) is 5. The molecule has 138 valence electrons. The van der Waals surface area contributed by atoms with Crippen molar-refractivity contribution in [1.29, 1.82) is 0 Å². The molecule has 0 spiro atoms. The molecule has 1 saturated carbocycles. The number of sulfonamides is 1. The minimum Gasteiger partial charge on any atom is -0.454 e. The average Bonchev–Trinajstić information content (AvgIpc) is 3.02. The summed E-state index contributed by atoms with van der Waals surface area (Å²) in [6, 6.07) is 5.19. The maximum Gasteiger partial charge on any atom is 0.232 e. The molecule has 0 saturated heterocycles. The first-order valence-electron chi connectivity index (χ1n) is 8.60. The lowest BCUT2D eigenvalue weighted by Gasteiger charge is -2.25. The molecule has 1 aliphatic carbocycles.